The fraction of sp³-hybridized carbons (Fsp3) is 0.278. The first-order chi connectivity index (χ1) is 11.3. The Morgan fingerprint density at radius 3 is 2.70 bits per heavy atom. The van der Waals surface area contributed by atoms with Crippen LogP contribution in [0, 0.1) is 0 Å². The van der Waals surface area contributed by atoms with Gasteiger partial charge in [0.1, 0.15) is 23.9 Å². The van der Waals surface area contributed by atoms with Crippen molar-refractivity contribution in [2.24, 2.45) is 0 Å². The summed E-state index contributed by atoms with van der Waals surface area (Å²) in [5, 5.41) is 0. The molecule has 0 N–H and O–H groups in total. The van der Waals surface area contributed by atoms with Crippen molar-refractivity contribution in [1.29, 1.82) is 0 Å². The van der Waals surface area contributed by atoms with Gasteiger partial charge in [-0.05, 0) is 31.2 Å². The lowest BCUT2D eigenvalue weighted by atomic mass is 10.1. The largest absolute Gasteiger partial charge is 0.494 e. The summed E-state index contributed by atoms with van der Waals surface area (Å²) in [5.41, 5.74) is 0.595. The van der Waals surface area contributed by atoms with Crippen molar-refractivity contribution in [1.82, 2.24) is 4.90 Å². The standard InChI is InChI=1S/C18H19NO4/c1-2-21-14-6-5-7-15(12-14)22-11-10-19-13-23-17-9-4-3-8-16(17)18(19)20/h3-9,12H,2,10-11,13H2,1H3. The molecule has 0 aromatic heterocycles. The van der Waals surface area contributed by atoms with Gasteiger partial charge in [0.15, 0.2) is 6.73 Å². The van der Waals surface area contributed by atoms with E-state index >= 15 is 0 Å². The first kappa shape index (κ1) is 15.2. The summed E-state index contributed by atoms with van der Waals surface area (Å²) in [6, 6.07) is 14.7. The van der Waals surface area contributed by atoms with Gasteiger partial charge < -0.3 is 19.1 Å². The third kappa shape index (κ3) is 3.56. The fourth-order valence-corrected chi connectivity index (χ4v) is 2.41. The SMILES string of the molecule is CCOc1cccc(OCCN2COc3ccccc3C2=O)c1. The molecule has 120 valence electrons. The minimum atomic E-state index is -0.0292. The van der Waals surface area contributed by atoms with Crippen LogP contribution in [0.25, 0.3) is 0 Å². The van der Waals surface area contributed by atoms with Crippen LogP contribution in [-0.4, -0.2) is 37.3 Å². The molecule has 2 aromatic carbocycles. The molecule has 23 heavy (non-hydrogen) atoms. The zero-order valence-electron chi connectivity index (χ0n) is 13.0. The smallest absolute Gasteiger partial charge is 0.260 e. The molecule has 1 aliphatic heterocycles. The highest BCUT2D eigenvalue weighted by Gasteiger charge is 2.24. The average Bonchev–Trinajstić information content (AvgIpc) is 2.58. The highest BCUT2D eigenvalue weighted by Crippen LogP contribution is 2.24. The van der Waals surface area contributed by atoms with E-state index in [1.54, 1.807) is 17.0 Å². The van der Waals surface area contributed by atoms with Crippen LogP contribution in [0.3, 0.4) is 0 Å². The molecule has 0 unspecified atom stereocenters. The number of hydrogen-bond donors (Lipinski definition) is 0. The number of hydrogen-bond acceptors (Lipinski definition) is 4. The summed E-state index contributed by atoms with van der Waals surface area (Å²) < 4.78 is 16.7. The van der Waals surface area contributed by atoms with Gasteiger partial charge in [-0.2, -0.15) is 0 Å². The predicted molar refractivity (Wildman–Crippen MR) is 86.1 cm³/mol. The van der Waals surface area contributed by atoms with Crippen molar-refractivity contribution < 1.29 is 19.0 Å². The summed E-state index contributed by atoms with van der Waals surface area (Å²) in [6.07, 6.45) is 0. The molecule has 0 radical (unpaired) electrons. The van der Waals surface area contributed by atoms with Gasteiger partial charge in [-0.25, -0.2) is 0 Å². The van der Waals surface area contributed by atoms with E-state index in [4.69, 9.17) is 14.2 Å². The van der Waals surface area contributed by atoms with E-state index in [2.05, 4.69) is 0 Å². The number of fused-ring (bicyclic) bond motifs is 1. The van der Waals surface area contributed by atoms with E-state index in [1.807, 2.05) is 43.3 Å². The van der Waals surface area contributed by atoms with Crippen molar-refractivity contribution >= 4 is 5.91 Å². The summed E-state index contributed by atoms with van der Waals surface area (Å²) in [5.74, 6) is 2.11. The van der Waals surface area contributed by atoms with Crippen LogP contribution in [0.2, 0.25) is 0 Å². The molecule has 0 saturated carbocycles. The number of amides is 1. The van der Waals surface area contributed by atoms with Crippen LogP contribution in [0.1, 0.15) is 17.3 Å². The molecule has 0 atom stereocenters. The van der Waals surface area contributed by atoms with Crippen LogP contribution < -0.4 is 14.2 Å². The maximum absolute atomic E-state index is 12.4. The second kappa shape index (κ2) is 7.05. The lowest BCUT2D eigenvalue weighted by Gasteiger charge is -2.28. The summed E-state index contributed by atoms with van der Waals surface area (Å²) in [6.45, 7) is 3.66. The van der Waals surface area contributed by atoms with Gasteiger partial charge in [0.2, 0.25) is 0 Å². The van der Waals surface area contributed by atoms with Crippen LogP contribution >= 0.6 is 0 Å². The van der Waals surface area contributed by atoms with Gasteiger partial charge in [-0.1, -0.05) is 18.2 Å². The molecule has 0 bridgehead atoms. The van der Waals surface area contributed by atoms with E-state index < -0.39 is 0 Å². The maximum atomic E-state index is 12.4. The molecule has 2 aromatic rings. The van der Waals surface area contributed by atoms with Gasteiger partial charge in [0.05, 0.1) is 18.7 Å². The highest BCUT2D eigenvalue weighted by atomic mass is 16.5. The van der Waals surface area contributed by atoms with Gasteiger partial charge in [0, 0.05) is 6.07 Å². The second-order valence-electron chi connectivity index (χ2n) is 5.09. The van der Waals surface area contributed by atoms with E-state index in [9.17, 15) is 4.79 Å². The second-order valence-corrected chi connectivity index (χ2v) is 5.09. The lowest BCUT2D eigenvalue weighted by Crippen LogP contribution is -2.40. The van der Waals surface area contributed by atoms with Crippen LogP contribution in [0.4, 0.5) is 0 Å². The quantitative estimate of drug-likeness (QED) is 0.822. The van der Waals surface area contributed by atoms with Gasteiger partial charge in [-0.15, -0.1) is 0 Å². The summed E-state index contributed by atoms with van der Waals surface area (Å²) in [7, 11) is 0. The Labute approximate surface area is 135 Å². The third-order valence-electron chi connectivity index (χ3n) is 3.53. The van der Waals surface area contributed by atoms with Gasteiger partial charge in [0.25, 0.3) is 5.91 Å². The van der Waals surface area contributed by atoms with E-state index in [0.29, 0.717) is 31.1 Å². The number of carbonyl (C=O) groups excluding carboxylic acids is 1. The Bertz CT molecular complexity index is 686. The van der Waals surface area contributed by atoms with E-state index in [1.165, 1.54) is 0 Å². The predicted octanol–water partition coefficient (Wildman–Crippen LogP) is 2.96. The number of benzene rings is 2. The Kier molecular flexibility index (Phi) is 4.66. The molecule has 0 fully saturated rings. The van der Waals surface area contributed by atoms with Crippen molar-refractivity contribution in [3.8, 4) is 17.2 Å². The Hall–Kier alpha value is -2.69. The summed E-state index contributed by atoms with van der Waals surface area (Å²) in [4.78, 5) is 14.0. The number of rotatable bonds is 6. The average molecular weight is 313 g/mol. The molecule has 3 rings (SSSR count). The van der Waals surface area contributed by atoms with Crippen LogP contribution in [0.15, 0.2) is 48.5 Å². The normalized spacial score (nSPS) is 13.3. The molecule has 1 heterocycles. The number of para-hydroxylation sites is 1. The Morgan fingerprint density at radius 2 is 1.87 bits per heavy atom. The molecule has 0 saturated heterocycles. The van der Waals surface area contributed by atoms with Crippen LogP contribution in [-0.2, 0) is 0 Å². The number of carbonyl (C=O) groups is 1. The molecular formula is C18H19NO4. The van der Waals surface area contributed by atoms with Crippen LogP contribution in [0.5, 0.6) is 17.2 Å². The van der Waals surface area contributed by atoms with Crippen molar-refractivity contribution in [3.05, 3.63) is 54.1 Å². The molecular weight excluding hydrogens is 294 g/mol. The minimum absolute atomic E-state index is 0.0292. The third-order valence-corrected chi connectivity index (χ3v) is 3.53. The molecule has 1 aliphatic rings. The van der Waals surface area contributed by atoms with E-state index in [0.717, 1.165) is 11.5 Å². The first-order valence-corrected chi connectivity index (χ1v) is 7.64. The van der Waals surface area contributed by atoms with Crippen molar-refractivity contribution in [2.45, 2.75) is 6.92 Å². The van der Waals surface area contributed by atoms with Gasteiger partial charge in [-0.3, -0.25) is 4.79 Å². The molecule has 1 amide bonds. The molecule has 0 spiro atoms. The zero-order valence-corrected chi connectivity index (χ0v) is 13.0. The topological polar surface area (TPSA) is 48.0 Å². The maximum Gasteiger partial charge on any atom is 0.260 e. The molecule has 5 heteroatoms. The Balaban J connectivity index is 1.55. The number of ether oxygens (including phenoxy) is 3. The first-order valence-electron chi connectivity index (χ1n) is 7.64. The Morgan fingerprint density at radius 1 is 1.09 bits per heavy atom. The number of nitrogens with zero attached hydrogens (tertiary/aromatic N) is 1. The fourth-order valence-electron chi connectivity index (χ4n) is 2.41. The molecule has 5 nitrogen and oxygen atoms in total. The minimum Gasteiger partial charge on any atom is -0.494 e. The van der Waals surface area contributed by atoms with Crippen molar-refractivity contribution in [2.75, 3.05) is 26.5 Å². The van der Waals surface area contributed by atoms with Crippen molar-refractivity contribution in [3.63, 3.8) is 0 Å². The zero-order chi connectivity index (χ0) is 16.1. The molecule has 0 aliphatic carbocycles. The summed E-state index contributed by atoms with van der Waals surface area (Å²) >= 11 is 0. The lowest BCUT2D eigenvalue weighted by molar-refractivity contribution is 0.0482. The highest BCUT2D eigenvalue weighted by molar-refractivity contribution is 5.97. The van der Waals surface area contributed by atoms with E-state index in [-0.39, 0.29) is 12.6 Å². The monoisotopic (exact) mass is 313 g/mol. The van der Waals surface area contributed by atoms with Gasteiger partial charge >= 0.3 is 0 Å².